The van der Waals surface area contributed by atoms with E-state index in [1.54, 1.807) is 62.4 Å². The molecule has 136 valence electrons. The minimum atomic E-state index is -0.464. The molecule has 0 aromatic heterocycles. The van der Waals surface area contributed by atoms with Gasteiger partial charge in [-0.1, -0.05) is 13.8 Å². The third kappa shape index (κ3) is 5.07. The summed E-state index contributed by atoms with van der Waals surface area (Å²) in [4.78, 5) is 35.7. The van der Waals surface area contributed by atoms with Crippen LogP contribution in [0.15, 0.2) is 48.5 Å². The second-order valence-electron chi connectivity index (χ2n) is 5.86. The molecule has 0 saturated heterocycles. The molecule has 0 unspecified atom stereocenters. The van der Waals surface area contributed by atoms with Gasteiger partial charge in [0.1, 0.15) is 5.75 Å². The topological polar surface area (TPSA) is 96.5 Å². The molecule has 0 radical (unpaired) electrons. The van der Waals surface area contributed by atoms with Crippen LogP contribution >= 0.6 is 0 Å². The standard InChI is InChI=1S/C19H21N3O4/c1-12(2)17(23)20-15-8-4-13(5-9-15)18(24)21-22-19(25)14-6-10-16(26-3)11-7-14/h4-12H,1-3H3,(H,20,23)(H,21,24)(H,22,25). The van der Waals surface area contributed by atoms with Crippen LogP contribution in [-0.4, -0.2) is 24.8 Å². The number of hydrogen-bond acceptors (Lipinski definition) is 4. The first-order valence-electron chi connectivity index (χ1n) is 8.06. The summed E-state index contributed by atoms with van der Waals surface area (Å²) in [6, 6.07) is 12.9. The highest BCUT2D eigenvalue weighted by molar-refractivity contribution is 5.99. The smallest absolute Gasteiger partial charge is 0.269 e. The van der Waals surface area contributed by atoms with Gasteiger partial charge in [0.2, 0.25) is 5.91 Å². The third-order valence-corrected chi connectivity index (χ3v) is 3.58. The van der Waals surface area contributed by atoms with Crippen molar-refractivity contribution in [3.8, 4) is 5.75 Å². The molecule has 2 aromatic carbocycles. The SMILES string of the molecule is COc1ccc(C(=O)NNC(=O)c2ccc(NC(=O)C(C)C)cc2)cc1. The van der Waals surface area contributed by atoms with Gasteiger partial charge < -0.3 is 10.1 Å². The summed E-state index contributed by atoms with van der Waals surface area (Å²) in [6.45, 7) is 3.59. The van der Waals surface area contributed by atoms with E-state index in [2.05, 4.69) is 16.2 Å². The van der Waals surface area contributed by atoms with Gasteiger partial charge in [-0.2, -0.15) is 0 Å². The van der Waals surface area contributed by atoms with Gasteiger partial charge in [0.15, 0.2) is 0 Å². The summed E-state index contributed by atoms with van der Waals surface area (Å²) in [5, 5.41) is 2.74. The van der Waals surface area contributed by atoms with E-state index in [0.717, 1.165) is 0 Å². The van der Waals surface area contributed by atoms with E-state index >= 15 is 0 Å². The maximum atomic E-state index is 12.1. The lowest BCUT2D eigenvalue weighted by molar-refractivity contribution is -0.118. The molecule has 2 aromatic rings. The molecule has 0 aliphatic carbocycles. The van der Waals surface area contributed by atoms with Gasteiger partial charge in [-0.3, -0.25) is 25.2 Å². The van der Waals surface area contributed by atoms with Crippen LogP contribution in [0.2, 0.25) is 0 Å². The van der Waals surface area contributed by atoms with Crippen molar-refractivity contribution in [1.82, 2.24) is 10.9 Å². The zero-order valence-corrected chi connectivity index (χ0v) is 14.8. The number of amides is 3. The predicted octanol–water partition coefficient (Wildman–Crippen LogP) is 2.36. The quantitative estimate of drug-likeness (QED) is 0.718. The number of methoxy groups -OCH3 is 1. The van der Waals surface area contributed by atoms with E-state index in [4.69, 9.17) is 4.74 Å². The third-order valence-electron chi connectivity index (χ3n) is 3.58. The maximum absolute atomic E-state index is 12.1. The van der Waals surface area contributed by atoms with Gasteiger partial charge >= 0.3 is 0 Å². The zero-order chi connectivity index (χ0) is 19.1. The summed E-state index contributed by atoms with van der Waals surface area (Å²) in [5.41, 5.74) is 6.03. The molecule has 3 amide bonds. The highest BCUT2D eigenvalue weighted by Gasteiger charge is 2.11. The number of carbonyl (C=O) groups is 3. The van der Waals surface area contributed by atoms with Crippen molar-refractivity contribution in [1.29, 1.82) is 0 Å². The summed E-state index contributed by atoms with van der Waals surface area (Å²) in [6.07, 6.45) is 0. The van der Waals surface area contributed by atoms with Gasteiger partial charge in [-0.15, -0.1) is 0 Å². The molecule has 0 saturated carbocycles. The highest BCUT2D eigenvalue weighted by Crippen LogP contribution is 2.12. The molecular weight excluding hydrogens is 334 g/mol. The molecule has 7 nitrogen and oxygen atoms in total. The van der Waals surface area contributed by atoms with Crippen molar-refractivity contribution < 1.29 is 19.1 Å². The van der Waals surface area contributed by atoms with Crippen LogP contribution in [0.1, 0.15) is 34.6 Å². The summed E-state index contributed by atoms with van der Waals surface area (Å²) in [5.74, 6) is -0.509. The Hall–Kier alpha value is -3.35. The number of carbonyl (C=O) groups excluding carboxylic acids is 3. The van der Waals surface area contributed by atoms with Crippen LogP contribution in [0.25, 0.3) is 0 Å². The van der Waals surface area contributed by atoms with E-state index in [1.165, 1.54) is 7.11 Å². The molecule has 3 N–H and O–H groups in total. The first-order chi connectivity index (χ1) is 12.4. The number of hydrazine groups is 1. The lowest BCUT2D eigenvalue weighted by Gasteiger charge is -2.10. The highest BCUT2D eigenvalue weighted by atomic mass is 16.5. The molecule has 2 rings (SSSR count). The molecule has 0 aliphatic rings. The Balaban J connectivity index is 1.90. The second-order valence-corrected chi connectivity index (χ2v) is 5.86. The zero-order valence-electron chi connectivity index (χ0n) is 14.8. The minimum absolute atomic E-state index is 0.103. The number of anilines is 1. The van der Waals surface area contributed by atoms with Gasteiger partial charge in [0.05, 0.1) is 7.11 Å². The molecule has 0 bridgehead atoms. The van der Waals surface area contributed by atoms with Gasteiger partial charge in [-0.05, 0) is 48.5 Å². The number of hydrogen-bond donors (Lipinski definition) is 3. The van der Waals surface area contributed by atoms with Crippen molar-refractivity contribution >= 4 is 23.4 Å². The largest absolute Gasteiger partial charge is 0.497 e. The average molecular weight is 355 g/mol. The normalized spacial score (nSPS) is 10.2. The number of rotatable bonds is 5. The average Bonchev–Trinajstić information content (AvgIpc) is 2.66. The lowest BCUT2D eigenvalue weighted by Crippen LogP contribution is -2.41. The van der Waals surface area contributed by atoms with Crippen molar-refractivity contribution in [3.05, 3.63) is 59.7 Å². The Kier molecular flexibility index (Phi) is 6.32. The Labute approximate surface area is 151 Å². The Morgan fingerprint density at radius 3 is 1.69 bits per heavy atom. The Morgan fingerprint density at radius 2 is 1.27 bits per heavy atom. The minimum Gasteiger partial charge on any atom is -0.497 e. The van der Waals surface area contributed by atoms with E-state index in [1.807, 2.05) is 0 Å². The first kappa shape index (κ1) is 19.0. The number of ether oxygens (including phenoxy) is 1. The summed E-state index contributed by atoms with van der Waals surface area (Å²) >= 11 is 0. The van der Waals surface area contributed by atoms with Crippen molar-refractivity contribution in [2.75, 3.05) is 12.4 Å². The van der Waals surface area contributed by atoms with Crippen LogP contribution in [0.5, 0.6) is 5.75 Å². The second kappa shape index (κ2) is 8.66. The van der Waals surface area contributed by atoms with Gasteiger partial charge in [0, 0.05) is 22.7 Å². The van der Waals surface area contributed by atoms with Crippen molar-refractivity contribution in [3.63, 3.8) is 0 Å². The molecule has 26 heavy (non-hydrogen) atoms. The fourth-order valence-corrected chi connectivity index (χ4v) is 1.99. The molecular formula is C19H21N3O4. The number of benzene rings is 2. The van der Waals surface area contributed by atoms with Crippen LogP contribution in [-0.2, 0) is 4.79 Å². The van der Waals surface area contributed by atoms with Crippen LogP contribution in [0.4, 0.5) is 5.69 Å². The van der Waals surface area contributed by atoms with Crippen LogP contribution in [0, 0.1) is 5.92 Å². The van der Waals surface area contributed by atoms with Gasteiger partial charge in [0.25, 0.3) is 11.8 Å². The molecule has 0 heterocycles. The molecule has 7 heteroatoms. The first-order valence-corrected chi connectivity index (χ1v) is 8.06. The molecule has 0 atom stereocenters. The molecule has 0 fully saturated rings. The lowest BCUT2D eigenvalue weighted by atomic mass is 10.1. The van der Waals surface area contributed by atoms with E-state index in [-0.39, 0.29) is 11.8 Å². The maximum Gasteiger partial charge on any atom is 0.269 e. The monoisotopic (exact) mass is 355 g/mol. The van der Waals surface area contributed by atoms with E-state index in [9.17, 15) is 14.4 Å². The van der Waals surface area contributed by atoms with Crippen LogP contribution < -0.4 is 20.9 Å². The van der Waals surface area contributed by atoms with Gasteiger partial charge in [-0.25, -0.2) is 0 Å². The summed E-state index contributed by atoms with van der Waals surface area (Å²) in [7, 11) is 1.54. The fourth-order valence-electron chi connectivity index (χ4n) is 1.99. The molecule has 0 aliphatic heterocycles. The number of nitrogens with one attached hydrogen (secondary N) is 3. The Morgan fingerprint density at radius 1 is 0.808 bits per heavy atom. The summed E-state index contributed by atoms with van der Waals surface area (Å²) < 4.78 is 5.02. The van der Waals surface area contributed by atoms with E-state index < -0.39 is 11.8 Å². The van der Waals surface area contributed by atoms with E-state index in [0.29, 0.717) is 22.6 Å². The van der Waals surface area contributed by atoms with Crippen LogP contribution in [0.3, 0.4) is 0 Å². The predicted molar refractivity (Wildman–Crippen MR) is 97.8 cm³/mol. The van der Waals surface area contributed by atoms with Crippen molar-refractivity contribution in [2.24, 2.45) is 5.92 Å². The molecule has 0 spiro atoms. The van der Waals surface area contributed by atoms with Crippen molar-refractivity contribution in [2.45, 2.75) is 13.8 Å². The Bertz CT molecular complexity index is 783. The fraction of sp³-hybridized carbons (Fsp3) is 0.211.